The Hall–Kier alpha value is -3.79. The maximum Gasteiger partial charge on any atom is 0.335 e. The van der Waals surface area contributed by atoms with Gasteiger partial charge in [0.25, 0.3) is 0 Å². The van der Waals surface area contributed by atoms with E-state index in [2.05, 4.69) is 25.8 Å². The van der Waals surface area contributed by atoms with E-state index in [4.69, 9.17) is 21.3 Å². The monoisotopic (exact) mass is 561 g/mol. The van der Waals surface area contributed by atoms with Crippen LogP contribution in [0.3, 0.4) is 0 Å². The summed E-state index contributed by atoms with van der Waals surface area (Å²) in [6.07, 6.45) is 5.98. The Bertz CT molecular complexity index is 1600. The molecule has 1 atom stereocenters. The Morgan fingerprint density at radius 1 is 1.20 bits per heavy atom. The Balaban J connectivity index is 1.15. The van der Waals surface area contributed by atoms with Crippen LogP contribution in [0.4, 0.5) is 10.2 Å². The molecule has 2 aromatic heterocycles. The highest BCUT2D eigenvalue weighted by Crippen LogP contribution is 2.27. The second-order valence-electron chi connectivity index (χ2n) is 10.2. The molecular formula is C30H29ClFN5O3. The van der Waals surface area contributed by atoms with Gasteiger partial charge in [-0.1, -0.05) is 23.7 Å². The molecule has 0 bridgehead atoms. The van der Waals surface area contributed by atoms with Crippen LogP contribution in [0, 0.1) is 5.82 Å². The fraction of sp³-hybridized carbons (Fsp3) is 0.300. The van der Waals surface area contributed by atoms with Crippen LogP contribution in [0.5, 0.6) is 0 Å². The molecule has 0 unspecified atom stereocenters. The minimum absolute atomic E-state index is 0.128. The summed E-state index contributed by atoms with van der Waals surface area (Å²) >= 11 is 5.86. The molecule has 1 fully saturated rings. The first kappa shape index (κ1) is 26.4. The smallest absolute Gasteiger partial charge is 0.335 e. The third-order valence-electron chi connectivity index (χ3n) is 7.52. The van der Waals surface area contributed by atoms with E-state index in [1.807, 2.05) is 12.1 Å². The zero-order chi connectivity index (χ0) is 27.6. The third kappa shape index (κ3) is 5.72. The Labute approximate surface area is 236 Å². The molecule has 6 rings (SSSR count). The van der Waals surface area contributed by atoms with Crippen molar-refractivity contribution in [1.82, 2.24) is 19.4 Å². The van der Waals surface area contributed by atoms with Crippen LogP contribution in [-0.4, -0.2) is 56.3 Å². The summed E-state index contributed by atoms with van der Waals surface area (Å²) in [4.78, 5) is 23.2. The van der Waals surface area contributed by atoms with E-state index in [1.54, 1.807) is 36.5 Å². The van der Waals surface area contributed by atoms with Crippen LogP contribution in [0.1, 0.15) is 40.2 Å². The molecule has 40 heavy (non-hydrogen) atoms. The molecule has 10 heteroatoms. The summed E-state index contributed by atoms with van der Waals surface area (Å²) in [6.45, 7) is 4.01. The van der Waals surface area contributed by atoms with Crippen LogP contribution in [-0.2, 0) is 24.4 Å². The number of imidazole rings is 1. The van der Waals surface area contributed by atoms with Crippen LogP contribution >= 0.6 is 11.6 Å². The second-order valence-corrected chi connectivity index (χ2v) is 10.6. The van der Waals surface area contributed by atoms with Gasteiger partial charge in [0.15, 0.2) is 0 Å². The number of carboxylic acids is 1. The van der Waals surface area contributed by atoms with Crippen LogP contribution in [0.25, 0.3) is 16.6 Å². The Morgan fingerprint density at radius 2 is 2.08 bits per heavy atom. The number of aromatic carboxylic acids is 1. The normalized spacial score (nSPS) is 17.4. The molecule has 206 valence electrons. The molecular weight excluding hydrogens is 533 g/mol. The average Bonchev–Trinajstić information content (AvgIpc) is 3.26. The Morgan fingerprint density at radius 3 is 2.80 bits per heavy atom. The quantitative estimate of drug-likeness (QED) is 0.274. The van der Waals surface area contributed by atoms with Gasteiger partial charge in [-0.05, 0) is 66.4 Å². The first-order valence-corrected chi connectivity index (χ1v) is 13.7. The van der Waals surface area contributed by atoms with Crippen molar-refractivity contribution < 1.29 is 19.0 Å². The standard InChI is InChI=1S/C30H29ClFN5O3/c31-23-3-1-22(25(32)15-23)16-34-28-14-20(5-9-33-28)19-6-10-36(11-7-19)18-29-35-26-4-2-21(30(38)39)13-27(26)37(29)17-24-8-12-40-24/h1-6,9,13-15,24H,7-8,10-12,16-18H2,(H,33,34)(H,38,39)/t24-/m0/s1. The number of benzene rings is 2. The van der Waals surface area contributed by atoms with E-state index < -0.39 is 5.97 Å². The topological polar surface area (TPSA) is 92.5 Å². The van der Waals surface area contributed by atoms with Crippen molar-refractivity contribution in [3.63, 3.8) is 0 Å². The number of ether oxygens (including phenoxy) is 1. The van der Waals surface area contributed by atoms with Gasteiger partial charge >= 0.3 is 5.97 Å². The lowest BCUT2D eigenvalue weighted by Crippen LogP contribution is -2.33. The van der Waals surface area contributed by atoms with Crippen LogP contribution in [0.2, 0.25) is 5.02 Å². The number of hydrogen-bond acceptors (Lipinski definition) is 6. The van der Waals surface area contributed by atoms with Crippen molar-refractivity contribution in [1.29, 1.82) is 0 Å². The molecule has 0 aliphatic carbocycles. The number of carbonyl (C=O) groups is 1. The van der Waals surface area contributed by atoms with E-state index in [-0.39, 0.29) is 17.5 Å². The van der Waals surface area contributed by atoms with E-state index in [1.165, 1.54) is 11.6 Å². The number of nitrogens with one attached hydrogen (secondary N) is 1. The van der Waals surface area contributed by atoms with E-state index in [0.29, 0.717) is 36.0 Å². The highest BCUT2D eigenvalue weighted by molar-refractivity contribution is 6.30. The number of pyridine rings is 1. The molecule has 2 aromatic carbocycles. The minimum Gasteiger partial charge on any atom is -0.478 e. The number of halogens is 2. The van der Waals surface area contributed by atoms with Crippen molar-refractivity contribution in [2.24, 2.45) is 0 Å². The van der Waals surface area contributed by atoms with E-state index >= 15 is 0 Å². The van der Waals surface area contributed by atoms with Gasteiger partial charge in [0, 0.05) is 43.0 Å². The molecule has 0 spiro atoms. The number of carboxylic acid groups (broad SMARTS) is 1. The van der Waals surface area contributed by atoms with Crippen molar-refractivity contribution in [3.05, 3.63) is 94.2 Å². The molecule has 4 aromatic rings. The van der Waals surface area contributed by atoms with Gasteiger partial charge in [-0.2, -0.15) is 0 Å². The lowest BCUT2D eigenvalue weighted by molar-refractivity contribution is -0.0591. The molecule has 4 heterocycles. The molecule has 0 saturated carbocycles. The van der Waals surface area contributed by atoms with E-state index in [9.17, 15) is 14.3 Å². The molecule has 1 saturated heterocycles. The predicted molar refractivity (Wildman–Crippen MR) is 152 cm³/mol. The SMILES string of the molecule is O=C(O)c1ccc2nc(CN3CC=C(c4ccnc(NCc5ccc(Cl)cc5F)c4)CC3)n(C[C@@H]3CCO3)c2c1. The van der Waals surface area contributed by atoms with Crippen molar-refractivity contribution in [3.8, 4) is 0 Å². The van der Waals surface area contributed by atoms with Gasteiger partial charge in [-0.3, -0.25) is 4.90 Å². The summed E-state index contributed by atoms with van der Waals surface area (Å²) in [7, 11) is 0. The summed E-state index contributed by atoms with van der Waals surface area (Å²) in [5.74, 6) is 0.302. The summed E-state index contributed by atoms with van der Waals surface area (Å²) in [6, 6.07) is 13.7. The minimum atomic E-state index is -0.948. The molecule has 2 aliphatic rings. The first-order chi connectivity index (χ1) is 19.4. The van der Waals surface area contributed by atoms with Gasteiger partial charge in [-0.15, -0.1) is 0 Å². The molecule has 8 nitrogen and oxygen atoms in total. The van der Waals surface area contributed by atoms with Gasteiger partial charge in [0.1, 0.15) is 17.5 Å². The molecule has 0 amide bonds. The van der Waals surface area contributed by atoms with Crippen LogP contribution in [0.15, 0.2) is 60.8 Å². The first-order valence-electron chi connectivity index (χ1n) is 13.3. The summed E-state index contributed by atoms with van der Waals surface area (Å²) in [5.41, 5.74) is 4.73. The predicted octanol–water partition coefficient (Wildman–Crippen LogP) is 5.61. The fourth-order valence-corrected chi connectivity index (χ4v) is 5.32. The maximum atomic E-state index is 14.1. The number of rotatable bonds is 9. The van der Waals surface area contributed by atoms with Gasteiger partial charge in [-0.25, -0.2) is 19.2 Å². The summed E-state index contributed by atoms with van der Waals surface area (Å²) < 4.78 is 21.9. The molecule has 0 radical (unpaired) electrons. The number of anilines is 1. The largest absolute Gasteiger partial charge is 0.478 e. The van der Waals surface area contributed by atoms with Crippen molar-refractivity contribution in [2.75, 3.05) is 25.0 Å². The molecule has 2 aliphatic heterocycles. The van der Waals surface area contributed by atoms with Gasteiger partial charge < -0.3 is 19.7 Å². The van der Waals surface area contributed by atoms with Gasteiger partial charge in [0.2, 0.25) is 0 Å². The number of nitrogens with zero attached hydrogens (tertiary/aromatic N) is 4. The number of aromatic nitrogens is 3. The van der Waals surface area contributed by atoms with Crippen molar-refractivity contribution >= 4 is 40.0 Å². The average molecular weight is 562 g/mol. The lowest BCUT2D eigenvalue weighted by atomic mass is 10.0. The van der Waals surface area contributed by atoms with E-state index in [0.717, 1.165) is 55.0 Å². The van der Waals surface area contributed by atoms with Crippen LogP contribution < -0.4 is 5.32 Å². The highest BCUT2D eigenvalue weighted by atomic mass is 35.5. The fourth-order valence-electron chi connectivity index (χ4n) is 5.16. The highest BCUT2D eigenvalue weighted by Gasteiger charge is 2.24. The third-order valence-corrected chi connectivity index (χ3v) is 7.75. The summed E-state index contributed by atoms with van der Waals surface area (Å²) in [5, 5.41) is 13.1. The lowest BCUT2D eigenvalue weighted by Gasteiger charge is -2.29. The Kier molecular flexibility index (Phi) is 7.51. The zero-order valence-corrected chi connectivity index (χ0v) is 22.6. The maximum absolute atomic E-state index is 14.1. The zero-order valence-electron chi connectivity index (χ0n) is 21.8. The number of hydrogen-bond donors (Lipinski definition) is 2. The van der Waals surface area contributed by atoms with Crippen molar-refractivity contribution in [2.45, 2.75) is 38.6 Å². The number of fused-ring (bicyclic) bond motifs is 1. The molecule has 2 N–H and O–H groups in total. The van der Waals surface area contributed by atoms with Gasteiger partial charge in [0.05, 0.1) is 35.8 Å². The second kappa shape index (κ2) is 11.4.